The molecule has 0 bridgehead atoms. The van der Waals surface area contributed by atoms with E-state index in [0.29, 0.717) is 33.1 Å². The van der Waals surface area contributed by atoms with Crippen LogP contribution in [0, 0.1) is 27.7 Å². The van der Waals surface area contributed by atoms with E-state index in [1.54, 1.807) is 147 Å². The van der Waals surface area contributed by atoms with Crippen LogP contribution in [0.3, 0.4) is 0 Å². The average Bonchev–Trinajstić information content (AvgIpc) is 0.792. The fourth-order valence-corrected chi connectivity index (χ4v) is 13.8. The Morgan fingerprint density at radius 2 is 0.531 bits per heavy atom. The van der Waals surface area contributed by atoms with Gasteiger partial charge in [0.1, 0.15) is 83.5 Å². The molecule has 8 heterocycles. The van der Waals surface area contributed by atoms with Gasteiger partial charge in [-0.15, -0.1) is 0 Å². The third-order valence-electron chi connectivity index (χ3n) is 15.1. The van der Waals surface area contributed by atoms with Gasteiger partial charge in [0.2, 0.25) is 23.5 Å². The molecule has 8 aromatic heterocycles. The molecule has 0 spiro atoms. The van der Waals surface area contributed by atoms with Crippen LogP contribution in [-0.4, -0.2) is 192 Å². The molecule has 12 aromatic rings. The van der Waals surface area contributed by atoms with Crippen molar-refractivity contribution in [3.8, 4) is 92.1 Å². The van der Waals surface area contributed by atoms with Crippen LogP contribution in [0.2, 0.25) is 0 Å². The van der Waals surface area contributed by atoms with E-state index >= 15 is 0 Å². The monoisotopic (exact) mass is 2100 g/mol. The van der Waals surface area contributed by atoms with Crippen molar-refractivity contribution in [2.24, 2.45) is 0 Å². The molecule has 0 radical (unpaired) electrons. The number of hydrogen-bond donors (Lipinski definition) is 8. The number of aryl methyl sites for hydroxylation is 4. The van der Waals surface area contributed by atoms with Crippen LogP contribution in [0.15, 0.2) is 190 Å². The summed E-state index contributed by atoms with van der Waals surface area (Å²) in [6.45, 7) is -0.552. The average molecular weight is 2110 g/mol. The predicted octanol–water partition coefficient (Wildman–Crippen LogP) is 12.5. The Balaban J connectivity index is 0.000000214. The summed E-state index contributed by atoms with van der Waals surface area (Å²) in [5, 5.41) is 0. The van der Waals surface area contributed by atoms with Crippen LogP contribution in [-0.2, 0) is 40.8 Å². The maximum atomic E-state index is 12.7. The Labute approximate surface area is 797 Å². The van der Waals surface area contributed by atoms with Gasteiger partial charge in [-0.05, 0) is 146 Å². The highest BCUT2D eigenvalue weighted by atomic mass is 79.9. The smallest absolute Gasteiger partial charge is 0.316 e. The lowest BCUT2D eigenvalue weighted by molar-refractivity contribution is 0.202. The van der Waals surface area contributed by atoms with Crippen molar-refractivity contribution in [2.45, 2.75) is 81.0 Å². The lowest BCUT2D eigenvalue weighted by atomic mass is 10.1. The molecule has 0 amide bonds. The van der Waals surface area contributed by atoms with Gasteiger partial charge < -0.3 is 37.9 Å². The first-order valence-electron chi connectivity index (χ1n) is 45.4. The summed E-state index contributed by atoms with van der Waals surface area (Å²) in [6, 6.07) is 26.8. The van der Waals surface area contributed by atoms with Crippen molar-refractivity contribution < 1.29 is 93.5 Å². The summed E-state index contributed by atoms with van der Waals surface area (Å²) in [5.41, 5.74) is 5.22. The molecule has 4 aromatic carbocycles. The second-order valence-electron chi connectivity index (χ2n) is 25.1. The maximum Gasteiger partial charge on any atom is 0.316 e. The molecule has 680 valence electrons. The zero-order valence-electron chi connectivity index (χ0n) is 84.8. The van der Waals surface area contributed by atoms with Crippen LogP contribution in [0.4, 0.5) is 23.3 Å². The highest BCUT2D eigenvalue weighted by Gasteiger charge is 2.26. The van der Waals surface area contributed by atoms with Gasteiger partial charge in [0.15, 0.2) is 23.3 Å². The third kappa shape index (κ3) is 34.0. The standard InChI is InChI=1S/4C20H23BrN6O4S/c4*1-3-8-26-32(28,29)27-18-17(15-4-6-16(21)7-5-15)19(25-13-24-18)30-9-10-31-20-22-11-14(2)12-23-20/h4*4-7,11-13,26H,3,8-10H2,1-2H3,(H,24,25,27)/i8D2,9D2,13D;3D2,8D2,13D;9D2,13D;8D2,13D. The first kappa shape index (κ1) is 78.9. The Morgan fingerprint density at radius 1 is 0.297 bits per heavy atom. The van der Waals surface area contributed by atoms with Gasteiger partial charge in [0, 0.05) is 104 Å². The molecule has 0 aliphatic carbocycles. The SMILES string of the molecule is [2H]c1nc(NS(=O)(=O)NC([2H])([2H])C([2H])([2H])C)c(-c2ccc(Br)cc2)c(OCCOc2ncc(C)cn2)n1.[2H]c1nc(NS(=O)(=O)NC([2H])([2H])CC)c(-c2ccc(Br)cc2)c(OC([2H])([2H])COc2ncc(C)cn2)n1.[2H]c1nc(NS(=O)(=O)NC([2H])([2H])CC)c(-c2ccc(Br)cc2)c(OCCOc2ncc(C)cn2)n1.[2H]c1nc(NS(=O)(=O)NCCC)c(-c2ccc(Br)cc2)c(OC([2H])([2H])COc2ncc(C)cn2)n1. The highest BCUT2D eigenvalue weighted by molar-refractivity contribution is 9.11. The number of halogens is 4. The lowest BCUT2D eigenvalue weighted by Gasteiger charge is -2.15. The van der Waals surface area contributed by atoms with Gasteiger partial charge in [-0.2, -0.15) is 52.6 Å². The number of nitrogens with one attached hydrogen (secondary N) is 8. The number of aromatic nitrogens is 16. The molecule has 0 unspecified atom stereocenters. The number of rotatable bonds is 44. The van der Waals surface area contributed by atoms with Crippen LogP contribution < -0.4 is 75.7 Å². The van der Waals surface area contributed by atoms with E-state index in [2.05, 4.69) is 167 Å². The second-order valence-corrected chi connectivity index (χ2v) is 34.5. The first-order valence-corrected chi connectivity index (χ1v) is 46.5. The number of nitrogens with zero attached hydrogens (tertiary/aromatic N) is 16. The van der Waals surface area contributed by atoms with E-state index in [9.17, 15) is 33.7 Å². The van der Waals surface area contributed by atoms with Gasteiger partial charge in [0.05, 0.1) is 27.7 Å². The Morgan fingerprint density at radius 3 is 0.781 bits per heavy atom. The zero-order chi connectivity index (χ0) is 106. The minimum atomic E-state index is -4.71. The van der Waals surface area contributed by atoms with Crippen LogP contribution in [0.25, 0.3) is 44.5 Å². The third-order valence-corrected chi connectivity index (χ3v) is 20.9. The second kappa shape index (κ2) is 51.0. The van der Waals surface area contributed by atoms with Crippen molar-refractivity contribution in [3.63, 3.8) is 0 Å². The van der Waals surface area contributed by atoms with E-state index in [4.69, 9.17) is 59.8 Å². The predicted molar refractivity (Wildman–Crippen MR) is 495 cm³/mol. The van der Waals surface area contributed by atoms with Crippen molar-refractivity contribution in [3.05, 3.63) is 212 Å². The minimum absolute atomic E-state index is 0.00851. The number of ether oxygens (including phenoxy) is 8. The van der Waals surface area contributed by atoms with Crippen molar-refractivity contribution in [1.82, 2.24) is 98.6 Å². The molecule has 0 aliphatic rings. The van der Waals surface area contributed by atoms with Crippen molar-refractivity contribution >= 4 is 128 Å². The van der Waals surface area contributed by atoms with Crippen LogP contribution >= 0.6 is 63.7 Å². The summed E-state index contributed by atoms with van der Waals surface area (Å²) in [5.74, 6) is -2.28. The van der Waals surface area contributed by atoms with E-state index in [1.807, 2.05) is 23.3 Å². The van der Waals surface area contributed by atoms with Crippen LogP contribution in [0.5, 0.6) is 47.6 Å². The molecule has 0 atom stereocenters. The van der Waals surface area contributed by atoms with Gasteiger partial charge in [-0.3, -0.25) is 18.9 Å². The normalized spacial score (nSPS) is 13.7. The van der Waals surface area contributed by atoms with Gasteiger partial charge >= 0.3 is 24.0 Å². The minimum Gasteiger partial charge on any atom is -0.473 e. The molecule has 0 fully saturated rings. The van der Waals surface area contributed by atoms with Gasteiger partial charge in [0.25, 0.3) is 40.8 Å². The molecular formula is C80H92Br4N24O16S4. The topological polar surface area (TPSA) is 513 Å². The van der Waals surface area contributed by atoms with Gasteiger partial charge in [-0.25, -0.2) is 79.7 Å². The fourth-order valence-electron chi connectivity index (χ4n) is 9.55. The molecule has 8 N–H and O–H groups in total. The Kier molecular flexibility index (Phi) is 31.4. The molecule has 0 aliphatic heterocycles. The molecule has 0 saturated heterocycles. The summed E-state index contributed by atoms with van der Waals surface area (Å²) >= 11 is 13.3. The zero-order valence-corrected chi connectivity index (χ0v) is 78.4. The van der Waals surface area contributed by atoms with E-state index in [1.165, 1.54) is 38.6 Å². The molecular weight excluding hydrogens is 2000 g/mol. The number of hydrogen-bond acceptors (Lipinski definition) is 32. The van der Waals surface area contributed by atoms with E-state index < -0.39 is 130 Å². The largest absolute Gasteiger partial charge is 0.473 e. The summed E-state index contributed by atoms with van der Waals surface area (Å²) in [4.78, 5) is 63.2. The number of benzene rings is 4. The first-order chi connectivity index (χ1) is 67.3. The summed E-state index contributed by atoms with van der Waals surface area (Å²) < 4.78 is 291. The van der Waals surface area contributed by atoms with E-state index in [-0.39, 0.29) is 127 Å². The van der Waals surface area contributed by atoms with Crippen molar-refractivity contribution in [1.29, 1.82) is 0 Å². The summed E-state index contributed by atoms with van der Waals surface area (Å²) in [6.07, 6.45) is 7.86. The van der Waals surface area contributed by atoms with Crippen LogP contribution in [0.1, 0.15) is 97.5 Å². The maximum absolute atomic E-state index is 12.7. The fraction of sp³-hybridized carbons (Fsp3) is 0.300. The Bertz CT molecular complexity index is 6850. The molecule has 12 rings (SSSR count). The quantitative estimate of drug-likeness (QED) is 0.0164. The van der Waals surface area contributed by atoms with E-state index in [0.717, 1.165) is 42.6 Å². The number of anilines is 4. The highest BCUT2D eigenvalue weighted by Crippen LogP contribution is 2.39. The van der Waals surface area contributed by atoms with Crippen molar-refractivity contribution in [2.75, 3.05) is 97.7 Å². The molecule has 128 heavy (non-hydrogen) atoms. The lowest BCUT2D eigenvalue weighted by Crippen LogP contribution is -2.31. The molecule has 0 saturated carbocycles. The molecule has 48 heteroatoms. The Hall–Kier alpha value is -11.3. The van der Waals surface area contributed by atoms with Gasteiger partial charge in [-0.1, -0.05) is 140 Å². The molecule has 40 nitrogen and oxygen atoms in total. The summed E-state index contributed by atoms with van der Waals surface area (Å²) in [7, 11) is -17.7.